The molecule has 8 nitrogen and oxygen atoms in total. The van der Waals surface area contributed by atoms with E-state index in [-0.39, 0.29) is 5.69 Å². The predicted molar refractivity (Wildman–Crippen MR) is 67.6 cm³/mol. The Kier molecular flexibility index (Phi) is 2.87. The third-order valence-corrected chi connectivity index (χ3v) is 3.90. The zero-order valence-corrected chi connectivity index (χ0v) is 10.8. The van der Waals surface area contributed by atoms with Crippen molar-refractivity contribution in [3.05, 3.63) is 22.6 Å². The summed E-state index contributed by atoms with van der Waals surface area (Å²) in [5, 5.41) is 6.68. The zero-order chi connectivity index (χ0) is 13.4. The van der Waals surface area contributed by atoms with Crippen LogP contribution in [0.25, 0.3) is 0 Å². The van der Waals surface area contributed by atoms with Crippen LogP contribution in [0.1, 0.15) is 10.5 Å². The first-order valence-electron chi connectivity index (χ1n) is 5.03. The lowest BCUT2D eigenvalue weighted by Crippen LogP contribution is -2.55. The van der Waals surface area contributed by atoms with Crippen molar-refractivity contribution in [2.45, 2.75) is 5.25 Å². The highest BCUT2D eigenvalue weighted by Crippen LogP contribution is 2.27. The fourth-order valence-corrected chi connectivity index (χ4v) is 2.83. The number of hydrazine groups is 1. The molecule has 1 atom stereocenters. The van der Waals surface area contributed by atoms with Crippen LogP contribution in [-0.2, 0) is 4.79 Å². The van der Waals surface area contributed by atoms with Gasteiger partial charge in [-0.05, 0) is 23.0 Å². The summed E-state index contributed by atoms with van der Waals surface area (Å²) in [5.74, 6) is -1.20. The molecule has 1 aromatic heterocycles. The van der Waals surface area contributed by atoms with Crippen molar-refractivity contribution in [3.8, 4) is 0 Å². The normalized spacial score (nSPS) is 21.4. The molecule has 3 rings (SSSR count). The van der Waals surface area contributed by atoms with Gasteiger partial charge < -0.3 is 0 Å². The van der Waals surface area contributed by atoms with Crippen LogP contribution < -0.4 is 5.43 Å². The van der Waals surface area contributed by atoms with E-state index in [0.717, 1.165) is 11.5 Å². The summed E-state index contributed by atoms with van der Waals surface area (Å²) >= 11 is 2.23. The number of hydrogen-bond acceptors (Lipinski definition) is 7. The molecule has 0 fully saturated rings. The van der Waals surface area contributed by atoms with Crippen LogP contribution in [0.5, 0.6) is 0 Å². The number of aliphatic imine (C=N–C) groups is 1. The molecule has 4 amide bonds. The second-order valence-electron chi connectivity index (χ2n) is 3.54. The number of nitrogens with zero attached hydrogens (tertiary/aromatic N) is 4. The summed E-state index contributed by atoms with van der Waals surface area (Å²) in [7, 11) is 0. The molecule has 2 aliphatic rings. The summed E-state index contributed by atoms with van der Waals surface area (Å²) < 4.78 is 3.53. The van der Waals surface area contributed by atoms with Gasteiger partial charge in [0.05, 0.1) is 5.71 Å². The summed E-state index contributed by atoms with van der Waals surface area (Å²) in [6.45, 7) is 0. The SMILES string of the molecule is O=C(NN1C(=O)N=C2C=CSC2C1=O)c1csnn1. The van der Waals surface area contributed by atoms with Crippen molar-refractivity contribution < 1.29 is 14.4 Å². The third kappa shape index (κ3) is 2.04. The summed E-state index contributed by atoms with van der Waals surface area (Å²) in [6.07, 6.45) is 1.61. The summed E-state index contributed by atoms with van der Waals surface area (Å²) in [5.41, 5.74) is 2.63. The van der Waals surface area contributed by atoms with Gasteiger partial charge in [-0.3, -0.25) is 15.0 Å². The number of amides is 4. The minimum absolute atomic E-state index is 0.0394. The van der Waals surface area contributed by atoms with Gasteiger partial charge in [-0.2, -0.15) is 10.0 Å². The number of hydrogen-bond donors (Lipinski definition) is 1. The van der Waals surface area contributed by atoms with E-state index in [9.17, 15) is 14.4 Å². The molecule has 2 aliphatic heterocycles. The van der Waals surface area contributed by atoms with E-state index in [0.29, 0.717) is 10.7 Å². The number of carbonyl (C=O) groups excluding carboxylic acids is 3. The second kappa shape index (κ2) is 4.55. The number of imide groups is 1. The van der Waals surface area contributed by atoms with Gasteiger partial charge in [-0.1, -0.05) is 4.49 Å². The maximum atomic E-state index is 12.0. The summed E-state index contributed by atoms with van der Waals surface area (Å²) in [6, 6.07) is -0.820. The van der Waals surface area contributed by atoms with E-state index in [4.69, 9.17) is 0 Å². The molecule has 0 saturated heterocycles. The molecule has 1 aromatic rings. The lowest BCUT2D eigenvalue weighted by Gasteiger charge is -2.25. The molecular weight excluding hydrogens is 290 g/mol. The number of thioether (sulfide) groups is 1. The molecule has 0 bridgehead atoms. The molecule has 1 unspecified atom stereocenters. The monoisotopic (exact) mass is 295 g/mol. The molecule has 1 N–H and O–H groups in total. The Morgan fingerprint density at radius 3 is 3.00 bits per heavy atom. The molecule has 0 radical (unpaired) electrons. The second-order valence-corrected chi connectivity index (χ2v) is 5.17. The van der Waals surface area contributed by atoms with Crippen LogP contribution in [0.2, 0.25) is 0 Å². The van der Waals surface area contributed by atoms with E-state index in [1.165, 1.54) is 17.1 Å². The van der Waals surface area contributed by atoms with Crippen molar-refractivity contribution in [2.75, 3.05) is 0 Å². The quantitative estimate of drug-likeness (QED) is 0.836. The number of fused-ring (bicyclic) bond motifs is 1. The maximum absolute atomic E-state index is 12.0. The van der Waals surface area contributed by atoms with Gasteiger partial charge in [0.15, 0.2) is 5.69 Å². The first-order valence-corrected chi connectivity index (χ1v) is 6.81. The van der Waals surface area contributed by atoms with Gasteiger partial charge in [0, 0.05) is 5.38 Å². The van der Waals surface area contributed by atoms with Crippen LogP contribution in [-0.4, -0.2) is 43.4 Å². The Morgan fingerprint density at radius 2 is 2.26 bits per heavy atom. The van der Waals surface area contributed by atoms with Gasteiger partial charge in [-0.25, -0.2) is 4.79 Å². The lowest BCUT2D eigenvalue weighted by atomic mass is 10.2. The van der Waals surface area contributed by atoms with Crippen LogP contribution in [0.15, 0.2) is 21.9 Å². The van der Waals surface area contributed by atoms with Crippen LogP contribution >= 0.6 is 23.3 Å². The first kappa shape index (κ1) is 12.0. The predicted octanol–water partition coefficient (Wildman–Crippen LogP) is 0.215. The van der Waals surface area contributed by atoms with Gasteiger partial charge in [0.2, 0.25) is 0 Å². The molecule has 0 saturated carbocycles. The third-order valence-electron chi connectivity index (χ3n) is 2.39. The van der Waals surface area contributed by atoms with Crippen molar-refractivity contribution in [2.24, 2.45) is 4.99 Å². The molecule has 0 spiro atoms. The first-order chi connectivity index (χ1) is 9.16. The minimum Gasteiger partial charge on any atom is -0.271 e. The Morgan fingerprint density at radius 1 is 1.42 bits per heavy atom. The fraction of sp³-hybridized carbons (Fsp3) is 0.111. The minimum atomic E-state index is -0.820. The number of nitrogens with one attached hydrogen (secondary N) is 1. The van der Waals surface area contributed by atoms with Crippen molar-refractivity contribution in [1.82, 2.24) is 20.0 Å². The Balaban J connectivity index is 1.81. The van der Waals surface area contributed by atoms with Crippen LogP contribution in [0, 0.1) is 0 Å². The number of aromatic nitrogens is 2. The molecular formula is C9H5N5O3S2. The molecule has 96 valence electrons. The van der Waals surface area contributed by atoms with Gasteiger partial charge in [-0.15, -0.1) is 16.9 Å². The Labute approximate surface area is 114 Å². The number of carbonyl (C=O) groups is 3. The van der Waals surface area contributed by atoms with E-state index >= 15 is 0 Å². The van der Waals surface area contributed by atoms with E-state index in [2.05, 4.69) is 20.0 Å². The fourth-order valence-electron chi connectivity index (χ4n) is 1.52. The highest BCUT2D eigenvalue weighted by molar-refractivity contribution is 8.04. The smallest absolute Gasteiger partial charge is 0.271 e. The number of urea groups is 1. The van der Waals surface area contributed by atoms with E-state index in [1.54, 1.807) is 11.5 Å². The van der Waals surface area contributed by atoms with Crippen molar-refractivity contribution in [1.29, 1.82) is 0 Å². The highest BCUT2D eigenvalue weighted by atomic mass is 32.2. The molecule has 19 heavy (non-hydrogen) atoms. The van der Waals surface area contributed by atoms with Crippen LogP contribution in [0.3, 0.4) is 0 Å². The molecule has 0 aliphatic carbocycles. The largest absolute Gasteiger partial charge is 0.369 e. The van der Waals surface area contributed by atoms with Gasteiger partial charge in [0.25, 0.3) is 11.8 Å². The maximum Gasteiger partial charge on any atom is 0.369 e. The van der Waals surface area contributed by atoms with Crippen molar-refractivity contribution >= 4 is 46.9 Å². The average Bonchev–Trinajstić information content (AvgIpc) is 3.04. The standard InChI is InChI=1S/C9H5N5O3S2/c15-7(5-3-19-13-11-5)12-14-8(16)6-4(1-2-18-6)10-9(14)17/h1-3,6H,(H,12,15). The van der Waals surface area contributed by atoms with E-state index in [1.807, 2.05) is 0 Å². The summed E-state index contributed by atoms with van der Waals surface area (Å²) in [4.78, 5) is 39.2. The van der Waals surface area contributed by atoms with Gasteiger partial charge >= 0.3 is 6.03 Å². The van der Waals surface area contributed by atoms with Crippen molar-refractivity contribution in [3.63, 3.8) is 0 Å². The van der Waals surface area contributed by atoms with Crippen LogP contribution in [0.4, 0.5) is 4.79 Å². The van der Waals surface area contributed by atoms with Gasteiger partial charge in [0.1, 0.15) is 5.25 Å². The molecule has 0 aromatic carbocycles. The highest BCUT2D eigenvalue weighted by Gasteiger charge is 2.39. The molecule has 3 heterocycles. The topological polar surface area (TPSA) is 105 Å². The number of rotatable bonds is 2. The zero-order valence-electron chi connectivity index (χ0n) is 9.14. The Bertz CT molecular complexity index is 624. The molecule has 10 heteroatoms. The number of allylic oxidation sites excluding steroid dienone is 1. The lowest BCUT2D eigenvalue weighted by molar-refractivity contribution is -0.128. The average molecular weight is 295 g/mol. The Hall–Kier alpha value is -2.07. The van der Waals surface area contributed by atoms with E-state index < -0.39 is 23.1 Å².